The van der Waals surface area contributed by atoms with E-state index in [0.717, 1.165) is 49.8 Å². The molecule has 0 radical (unpaired) electrons. The van der Waals surface area contributed by atoms with E-state index in [2.05, 4.69) is 22.4 Å². The van der Waals surface area contributed by atoms with Crippen LogP contribution in [0.1, 0.15) is 52.0 Å². The van der Waals surface area contributed by atoms with Gasteiger partial charge in [0.15, 0.2) is 0 Å². The number of hydrogen-bond donors (Lipinski definition) is 0. The number of rotatable bonds is 4. The summed E-state index contributed by atoms with van der Waals surface area (Å²) in [6.45, 7) is 6.02. The predicted octanol–water partition coefficient (Wildman–Crippen LogP) is 2.14. The van der Waals surface area contributed by atoms with E-state index in [-0.39, 0.29) is 11.2 Å². The number of likely N-dealkylation sites (tertiary alicyclic amines) is 1. The highest BCUT2D eigenvalue weighted by molar-refractivity contribution is 8.00. The average Bonchev–Trinajstić information content (AvgIpc) is 3.25. The lowest BCUT2D eigenvalue weighted by Gasteiger charge is -2.23. The summed E-state index contributed by atoms with van der Waals surface area (Å²) in [4.78, 5) is 14.6. The third-order valence-corrected chi connectivity index (χ3v) is 5.35. The van der Waals surface area contributed by atoms with E-state index in [4.69, 9.17) is 0 Å². The smallest absolute Gasteiger partial charge is 0.235 e. The number of aromatic nitrogens is 4. The molecule has 1 amide bonds. The van der Waals surface area contributed by atoms with Crippen LogP contribution in [0.2, 0.25) is 0 Å². The Labute approximate surface area is 129 Å². The van der Waals surface area contributed by atoms with Crippen molar-refractivity contribution < 1.29 is 4.79 Å². The van der Waals surface area contributed by atoms with Gasteiger partial charge in [0, 0.05) is 13.1 Å². The van der Waals surface area contributed by atoms with Gasteiger partial charge in [-0.3, -0.25) is 4.79 Å². The summed E-state index contributed by atoms with van der Waals surface area (Å²) in [7, 11) is 0. The van der Waals surface area contributed by atoms with E-state index < -0.39 is 0 Å². The van der Waals surface area contributed by atoms with Crippen molar-refractivity contribution in [3.63, 3.8) is 0 Å². The minimum atomic E-state index is -0.123. The molecule has 21 heavy (non-hydrogen) atoms. The average molecular weight is 309 g/mol. The molecule has 0 aromatic carbocycles. The number of hydrogen-bond acceptors (Lipinski definition) is 5. The molecule has 3 rings (SSSR count). The van der Waals surface area contributed by atoms with Crippen molar-refractivity contribution in [1.82, 2.24) is 25.1 Å². The first-order valence-electron chi connectivity index (χ1n) is 7.88. The van der Waals surface area contributed by atoms with Crippen LogP contribution in [0, 0.1) is 5.92 Å². The summed E-state index contributed by atoms with van der Waals surface area (Å²) in [5.41, 5.74) is 0. The molecule has 2 atom stereocenters. The van der Waals surface area contributed by atoms with Crippen molar-refractivity contribution in [2.75, 3.05) is 13.1 Å². The summed E-state index contributed by atoms with van der Waals surface area (Å²) >= 11 is 1.49. The maximum Gasteiger partial charge on any atom is 0.235 e. The highest BCUT2D eigenvalue weighted by Gasteiger charge is 2.30. The Kier molecular flexibility index (Phi) is 4.47. The Morgan fingerprint density at radius 2 is 2.10 bits per heavy atom. The molecule has 0 spiro atoms. The fourth-order valence-electron chi connectivity index (χ4n) is 2.76. The molecule has 6 nitrogen and oxygen atoms in total. The molecule has 1 aromatic rings. The van der Waals surface area contributed by atoms with Crippen LogP contribution in [-0.4, -0.2) is 49.4 Å². The zero-order valence-electron chi connectivity index (χ0n) is 12.7. The fraction of sp³-hybridized carbons (Fsp3) is 0.857. The van der Waals surface area contributed by atoms with E-state index in [1.807, 2.05) is 16.5 Å². The number of carbonyl (C=O) groups is 1. The van der Waals surface area contributed by atoms with Crippen molar-refractivity contribution in [1.29, 1.82) is 0 Å². The van der Waals surface area contributed by atoms with Gasteiger partial charge in [0.05, 0.1) is 11.3 Å². The fourth-order valence-corrected chi connectivity index (χ4v) is 3.70. The molecule has 116 valence electrons. The van der Waals surface area contributed by atoms with E-state index >= 15 is 0 Å². The highest BCUT2D eigenvalue weighted by atomic mass is 32.2. The second-order valence-corrected chi connectivity index (χ2v) is 7.57. The molecule has 2 unspecified atom stereocenters. The third-order valence-electron chi connectivity index (χ3n) is 4.31. The van der Waals surface area contributed by atoms with Gasteiger partial charge < -0.3 is 4.90 Å². The second kappa shape index (κ2) is 6.34. The largest absolute Gasteiger partial charge is 0.342 e. The SMILES string of the molecule is CC1CCCN(C(=O)C(C)Sc2nnnn2C2CC2)CC1. The van der Waals surface area contributed by atoms with Crippen LogP contribution in [0.25, 0.3) is 0 Å². The van der Waals surface area contributed by atoms with Crippen LogP contribution < -0.4 is 0 Å². The minimum absolute atomic E-state index is 0.123. The summed E-state index contributed by atoms with van der Waals surface area (Å²) in [5.74, 6) is 0.951. The zero-order chi connectivity index (χ0) is 14.8. The zero-order valence-corrected chi connectivity index (χ0v) is 13.6. The molecule has 2 heterocycles. The molecule has 7 heteroatoms. The molecule has 1 aromatic heterocycles. The maximum absolute atomic E-state index is 12.6. The van der Waals surface area contributed by atoms with Crippen LogP contribution in [0.5, 0.6) is 0 Å². The highest BCUT2D eigenvalue weighted by Crippen LogP contribution is 2.37. The molecule has 1 saturated heterocycles. The molecule has 2 fully saturated rings. The van der Waals surface area contributed by atoms with Crippen LogP contribution in [0.3, 0.4) is 0 Å². The standard InChI is InChI=1S/C14H23N5OS/c1-10-4-3-8-18(9-7-10)13(20)11(2)21-14-15-16-17-19(14)12-5-6-12/h10-12H,3-9H2,1-2H3. The summed E-state index contributed by atoms with van der Waals surface area (Å²) in [6.07, 6.45) is 5.74. The summed E-state index contributed by atoms with van der Waals surface area (Å²) in [5, 5.41) is 12.5. The second-order valence-electron chi connectivity index (χ2n) is 6.26. The van der Waals surface area contributed by atoms with Crippen molar-refractivity contribution in [2.24, 2.45) is 5.92 Å². The molecule has 1 saturated carbocycles. The van der Waals surface area contributed by atoms with Gasteiger partial charge in [-0.2, -0.15) is 0 Å². The lowest BCUT2D eigenvalue weighted by atomic mass is 10.0. The summed E-state index contributed by atoms with van der Waals surface area (Å²) < 4.78 is 1.87. The van der Waals surface area contributed by atoms with Gasteiger partial charge >= 0.3 is 0 Å². The number of tetrazole rings is 1. The molecule has 1 aliphatic heterocycles. The van der Waals surface area contributed by atoms with E-state index in [0.29, 0.717) is 6.04 Å². The van der Waals surface area contributed by atoms with Gasteiger partial charge in [-0.05, 0) is 55.4 Å². The predicted molar refractivity (Wildman–Crippen MR) is 81.0 cm³/mol. The van der Waals surface area contributed by atoms with Gasteiger partial charge in [0.1, 0.15) is 0 Å². The van der Waals surface area contributed by atoms with Crippen molar-refractivity contribution in [2.45, 2.75) is 62.4 Å². The number of thioether (sulfide) groups is 1. The molecule has 2 aliphatic rings. The Bertz CT molecular complexity index is 501. The molecule has 0 N–H and O–H groups in total. The lowest BCUT2D eigenvalue weighted by molar-refractivity contribution is -0.130. The van der Waals surface area contributed by atoms with Gasteiger partial charge in [-0.15, -0.1) is 5.10 Å². The normalized spacial score (nSPS) is 24.7. The molecular formula is C14H23N5OS. The number of amides is 1. The van der Waals surface area contributed by atoms with Crippen molar-refractivity contribution in [3.05, 3.63) is 0 Å². The summed E-state index contributed by atoms with van der Waals surface area (Å²) in [6, 6.07) is 0.448. The quantitative estimate of drug-likeness (QED) is 0.797. The van der Waals surface area contributed by atoms with Crippen LogP contribution in [-0.2, 0) is 4.79 Å². The number of nitrogens with zero attached hydrogens (tertiary/aromatic N) is 5. The third kappa shape index (κ3) is 3.56. The maximum atomic E-state index is 12.6. The van der Waals surface area contributed by atoms with Crippen LogP contribution >= 0.6 is 11.8 Å². The van der Waals surface area contributed by atoms with Gasteiger partial charge in [-0.1, -0.05) is 18.7 Å². The topological polar surface area (TPSA) is 63.9 Å². The Morgan fingerprint density at radius 3 is 2.86 bits per heavy atom. The number of carbonyl (C=O) groups excluding carboxylic acids is 1. The van der Waals surface area contributed by atoms with E-state index in [9.17, 15) is 4.79 Å². The van der Waals surface area contributed by atoms with E-state index in [1.165, 1.54) is 18.2 Å². The van der Waals surface area contributed by atoms with Crippen molar-refractivity contribution >= 4 is 17.7 Å². The van der Waals surface area contributed by atoms with Crippen LogP contribution in [0.4, 0.5) is 0 Å². The lowest BCUT2D eigenvalue weighted by Crippen LogP contribution is -2.37. The Hall–Kier alpha value is -1.11. The molecular weight excluding hydrogens is 286 g/mol. The van der Waals surface area contributed by atoms with E-state index in [1.54, 1.807) is 0 Å². The molecule has 0 bridgehead atoms. The Morgan fingerprint density at radius 1 is 1.29 bits per heavy atom. The first kappa shape index (κ1) is 14.8. The van der Waals surface area contributed by atoms with Crippen molar-refractivity contribution in [3.8, 4) is 0 Å². The van der Waals surface area contributed by atoms with Gasteiger partial charge in [0.2, 0.25) is 11.1 Å². The minimum Gasteiger partial charge on any atom is -0.342 e. The van der Waals surface area contributed by atoms with Gasteiger partial charge in [-0.25, -0.2) is 4.68 Å². The first-order chi connectivity index (χ1) is 10.1. The van der Waals surface area contributed by atoms with Crippen LogP contribution in [0.15, 0.2) is 5.16 Å². The first-order valence-corrected chi connectivity index (χ1v) is 8.76. The van der Waals surface area contributed by atoms with Gasteiger partial charge in [0.25, 0.3) is 0 Å². The monoisotopic (exact) mass is 309 g/mol. The Balaban J connectivity index is 1.60. The molecule has 1 aliphatic carbocycles.